The number of Topliss-reactive ketones (excluding diaryl/α,β-unsaturated/α-hetero) is 1. The topological polar surface area (TPSA) is 122 Å². The van der Waals surface area contributed by atoms with E-state index in [2.05, 4.69) is 4.98 Å². The molecule has 0 atom stereocenters. The number of carbonyl (C=O) groups excluding carboxylic acids is 3. The lowest BCUT2D eigenvalue weighted by molar-refractivity contribution is -0.0491. The predicted octanol–water partition coefficient (Wildman–Crippen LogP) is 3.68. The summed E-state index contributed by atoms with van der Waals surface area (Å²) in [6.45, 7) is 2.20. The normalized spacial score (nSPS) is 14.1. The van der Waals surface area contributed by atoms with Crippen molar-refractivity contribution in [2.45, 2.75) is 19.8 Å². The average molecular weight is 573 g/mol. The van der Waals surface area contributed by atoms with Crippen molar-refractivity contribution in [2.24, 2.45) is 5.92 Å². The van der Waals surface area contributed by atoms with Gasteiger partial charge in [-0.2, -0.15) is 4.98 Å². The quantitative estimate of drug-likeness (QED) is 0.197. The van der Waals surface area contributed by atoms with Gasteiger partial charge in [0.1, 0.15) is 11.4 Å². The van der Waals surface area contributed by atoms with Gasteiger partial charge in [-0.25, -0.2) is 37.2 Å². The first kappa shape index (κ1) is 29.6. The van der Waals surface area contributed by atoms with Crippen molar-refractivity contribution >= 4 is 17.8 Å². The van der Waals surface area contributed by atoms with E-state index in [-0.39, 0.29) is 46.7 Å². The van der Waals surface area contributed by atoms with Crippen molar-refractivity contribution in [2.75, 3.05) is 33.3 Å². The van der Waals surface area contributed by atoms with Crippen molar-refractivity contribution in [3.63, 3.8) is 0 Å². The summed E-state index contributed by atoms with van der Waals surface area (Å²) >= 11 is 0. The van der Waals surface area contributed by atoms with Crippen LogP contribution in [0.4, 0.5) is 18.0 Å². The highest BCUT2D eigenvalue weighted by molar-refractivity contribution is 5.99. The molecule has 1 amide bonds. The van der Waals surface area contributed by atoms with Gasteiger partial charge in [0.2, 0.25) is 0 Å². The van der Waals surface area contributed by atoms with Crippen molar-refractivity contribution < 1.29 is 37.5 Å². The van der Waals surface area contributed by atoms with Gasteiger partial charge in [0.05, 0.1) is 25.0 Å². The van der Waals surface area contributed by atoms with Gasteiger partial charge in [0, 0.05) is 23.6 Å². The monoisotopic (exact) mass is 572 g/mol. The number of amides is 1. The summed E-state index contributed by atoms with van der Waals surface area (Å²) in [6, 6.07) is 6.63. The molecule has 1 aromatic heterocycles. The van der Waals surface area contributed by atoms with Crippen LogP contribution in [0.2, 0.25) is 0 Å². The number of rotatable bonds is 7. The van der Waals surface area contributed by atoms with E-state index >= 15 is 0 Å². The third-order valence-electron chi connectivity index (χ3n) is 6.99. The number of methoxy groups -OCH3 is 1. The van der Waals surface area contributed by atoms with Crippen LogP contribution in [0, 0.1) is 30.3 Å². The van der Waals surface area contributed by atoms with Crippen LogP contribution < -0.4 is 5.69 Å². The Morgan fingerprint density at radius 3 is 2.32 bits per heavy atom. The zero-order valence-corrected chi connectivity index (χ0v) is 22.3. The smallest absolute Gasteiger partial charge is 0.356 e. The average Bonchev–Trinajstić information content (AvgIpc) is 2.96. The number of hydrogen-bond donors (Lipinski definition) is 1. The van der Waals surface area contributed by atoms with Crippen LogP contribution in [-0.4, -0.2) is 75.8 Å². The van der Waals surface area contributed by atoms with Crippen molar-refractivity contribution in [3.8, 4) is 11.3 Å². The summed E-state index contributed by atoms with van der Waals surface area (Å²) in [7, 11) is 1.06. The molecule has 41 heavy (non-hydrogen) atoms. The number of piperidine rings is 1. The molecule has 1 N–H and O–H groups in total. The molecule has 1 aliphatic rings. The van der Waals surface area contributed by atoms with Crippen LogP contribution in [0.5, 0.6) is 0 Å². The van der Waals surface area contributed by atoms with E-state index in [1.165, 1.54) is 31.2 Å². The lowest BCUT2D eigenvalue weighted by Gasteiger charge is -2.32. The SMILES string of the molecule is COC(=O)c1c(C)nc(=O)n(C(=O)N(O)CCN2CCC(C(=O)c3ccc(F)cc3)CC2)c1-c1ccc(F)c(F)c1. The van der Waals surface area contributed by atoms with E-state index in [0.29, 0.717) is 42.1 Å². The van der Waals surface area contributed by atoms with Gasteiger partial charge in [-0.05, 0) is 75.3 Å². The van der Waals surface area contributed by atoms with Crippen molar-refractivity contribution in [1.82, 2.24) is 19.5 Å². The molecule has 216 valence electrons. The molecule has 2 aromatic carbocycles. The number of carbonyl (C=O) groups is 3. The van der Waals surface area contributed by atoms with Crippen LogP contribution in [0.25, 0.3) is 11.3 Å². The Bertz CT molecular complexity index is 1540. The third kappa shape index (κ3) is 6.36. The molecule has 2 heterocycles. The van der Waals surface area contributed by atoms with Crippen molar-refractivity contribution in [3.05, 3.63) is 87.2 Å². The van der Waals surface area contributed by atoms with Gasteiger partial charge in [-0.3, -0.25) is 10.0 Å². The van der Waals surface area contributed by atoms with E-state index in [9.17, 15) is 37.6 Å². The lowest BCUT2D eigenvalue weighted by Crippen LogP contribution is -2.45. The molecule has 1 saturated heterocycles. The fraction of sp³-hybridized carbons (Fsp3) is 0.321. The molecule has 0 saturated carbocycles. The third-order valence-corrected chi connectivity index (χ3v) is 6.99. The van der Waals surface area contributed by atoms with Crippen LogP contribution in [0.3, 0.4) is 0 Å². The molecule has 13 heteroatoms. The first-order valence-corrected chi connectivity index (χ1v) is 12.7. The minimum absolute atomic E-state index is 0.0824. The Hall–Kier alpha value is -4.36. The number of aromatic nitrogens is 2. The van der Waals surface area contributed by atoms with Crippen LogP contribution in [-0.2, 0) is 4.74 Å². The second-order valence-corrected chi connectivity index (χ2v) is 9.55. The summed E-state index contributed by atoms with van der Waals surface area (Å²) in [6.07, 6.45) is 1.03. The highest BCUT2D eigenvalue weighted by Crippen LogP contribution is 2.27. The maximum atomic E-state index is 14.1. The van der Waals surface area contributed by atoms with Gasteiger partial charge >= 0.3 is 17.7 Å². The van der Waals surface area contributed by atoms with Gasteiger partial charge in [0.25, 0.3) is 0 Å². The summed E-state index contributed by atoms with van der Waals surface area (Å²) < 4.78 is 46.1. The number of likely N-dealkylation sites (tertiary alicyclic amines) is 1. The zero-order valence-electron chi connectivity index (χ0n) is 22.3. The number of halogens is 3. The molecule has 1 aliphatic heterocycles. The van der Waals surface area contributed by atoms with Gasteiger partial charge < -0.3 is 9.64 Å². The maximum absolute atomic E-state index is 14.1. The second kappa shape index (κ2) is 12.4. The first-order chi connectivity index (χ1) is 19.5. The van der Waals surface area contributed by atoms with Gasteiger partial charge in [-0.15, -0.1) is 0 Å². The second-order valence-electron chi connectivity index (χ2n) is 9.55. The van der Waals surface area contributed by atoms with E-state index in [1.54, 1.807) is 0 Å². The number of nitrogens with zero attached hydrogens (tertiary/aromatic N) is 4. The Morgan fingerprint density at radius 2 is 1.71 bits per heavy atom. The van der Waals surface area contributed by atoms with E-state index in [4.69, 9.17) is 4.74 Å². The summed E-state index contributed by atoms with van der Waals surface area (Å²) in [5.74, 6) is -4.23. The Kier molecular flexibility index (Phi) is 8.98. The van der Waals surface area contributed by atoms with E-state index < -0.39 is 40.8 Å². The molecule has 1 fully saturated rings. The highest BCUT2D eigenvalue weighted by Gasteiger charge is 2.30. The fourth-order valence-corrected chi connectivity index (χ4v) is 4.78. The fourth-order valence-electron chi connectivity index (χ4n) is 4.78. The number of esters is 1. The first-order valence-electron chi connectivity index (χ1n) is 12.7. The molecule has 4 rings (SSSR count). The molecular formula is C28H27F3N4O6. The largest absolute Gasteiger partial charge is 0.465 e. The number of ketones is 1. The number of aryl methyl sites for hydroxylation is 1. The molecule has 0 spiro atoms. The summed E-state index contributed by atoms with van der Waals surface area (Å²) in [5.41, 5.74) is -1.80. The highest BCUT2D eigenvalue weighted by atomic mass is 19.2. The summed E-state index contributed by atoms with van der Waals surface area (Å²) in [5, 5.41) is 10.9. The molecular weight excluding hydrogens is 545 g/mol. The molecule has 3 aromatic rings. The number of hydroxylamine groups is 2. The van der Waals surface area contributed by atoms with Crippen LogP contribution >= 0.6 is 0 Å². The molecule has 0 radical (unpaired) electrons. The van der Waals surface area contributed by atoms with Crippen LogP contribution in [0.1, 0.15) is 39.3 Å². The molecule has 0 unspecified atom stereocenters. The van der Waals surface area contributed by atoms with E-state index in [1.807, 2.05) is 4.90 Å². The van der Waals surface area contributed by atoms with Gasteiger partial charge in [-0.1, -0.05) is 0 Å². The van der Waals surface area contributed by atoms with Crippen molar-refractivity contribution in [1.29, 1.82) is 0 Å². The molecule has 0 bridgehead atoms. The van der Waals surface area contributed by atoms with Gasteiger partial charge in [0.15, 0.2) is 17.4 Å². The number of ether oxygens (including phenoxy) is 1. The maximum Gasteiger partial charge on any atom is 0.356 e. The minimum atomic E-state index is -1.29. The number of benzene rings is 2. The minimum Gasteiger partial charge on any atom is -0.465 e. The zero-order chi connectivity index (χ0) is 29.8. The number of hydrogen-bond acceptors (Lipinski definition) is 8. The molecule has 10 nitrogen and oxygen atoms in total. The Balaban J connectivity index is 1.51. The van der Waals surface area contributed by atoms with Crippen LogP contribution in [0.15, 0.2) is 47.3 Å². The summed E-state index contributed by atoms with van der Waals surface area (Å²) in [4.78, 5) is 57.0. The standard InChI is InChI=1S/C28H27F3N4O6/c1-16-23(26(37)41-2)24(19-5-8-21(30)22(31)15-19)35(27(38)32-16)28(39)34(40)14-13-33-11-9-18(10-12-33)25(36)17-3-6-20(29)7-4-17/h3-8,15,18,40H,9-14H2,1-2H3. The Labute approximate surface area is 232 Å². The lowest BCUT2D eigenvalue weighted by atomic mass is 9.89. The van der Waals surface area contributed by atoms with E-state index in [0.717, 1.165) is 19.2 Å². The predicted molar refractivity (Wildman–Crippen MR) is 139 cm³/mol. The Morgan fingerprint density at radius 1 is 1.05 bits per heavy atom. The molecule has 0 aliphatic carbocycles.